The minimum atomic E-state index is -0.480. The van der Waals surface area contributed by atoms with Crippen LogP contribution in [0.4, 0.5) is 11.5 Å². The molecule has 0 radical (unpaired) electrons. The predicted molar refractivity (Wildman–Crippen MR) is 74.1 cm³/mol. The van der Waals surface area contributed by atoms with Crippen molar-refractivity contribution in [1.29, 1.82) is 0 Å². The fourth-order valence-corrected chi connectivity index (χ4v) is 2.09. The Morgan fingerprint density at radius 1 is 1.26 bits per heavy atom. The van der Waals surface area contributed by atoms with Gasteiger partial charge in [-0.15, -0.1) is 0 Å². The largest absolute Gasteiger partial charge is 0.383 e. The monoisotopic (exact) mass is 268 g/mol. The van der Waals surface area contributed by atoms with E-state index >= 15 is 0 Å². The Hall–Kier alpha value is -1.80. The maximum Gasteiger partial charge on any atom is 0.330 e. The lowest BCUT2D eigenvalue weighted by Gasteiger charge is -2.33. The van der Waals surface area contributed by atoms with Gasteiger partial charge in [-0.25, -0.2) is 9.80 Å². The summed E-state index contributed by atoms with van der Waals surface area (Å²) in [6, 6.07) is 0. The first kappa shape index (κ1) is 13.6. The van der Waals surface area contributed by atoms with Crippen LogP contribution in [0.3, 0.4) is 0 Å². The molecule has 1 fully saturated rings. The number of nitrogen functional groups attached to an aromatic ring is 1. The van der Waals surface area contributed by atoms with Crippen molar-refractivity contribution >= 4 is 11.5 Å². The highest BCUT2D eigenvalue weighted by Crippen LogP contribution is 2.11. The lowest BCUT2D eigenvalue weighted by atomic mass is 10.4. The first-order chi connectivity index (χ1) is 9.02. The summed E-state index contributed by atoms with van der Waals surface area (Å²) in [6.45, 7) is 5.63. The van der Waals surface area contributed by atoms with E-state index in [1.165, 1.54) is 4.57 Å². The molecular formula is C11H20N6O2. The van der Waals surface area contributed by atoms with Crippen LogP contribution in [-0.2, 0) is 6.54 Å². The van der Waals surface area contributed by atoms with Gasteiger partial charge in [0.05, 0.1) is 0 Å². The Morgan fingerprint density at radius 3 is 2.47 bits per heavy atom. The van der Waals surface area contributed by atoms with Gasteiger partial charge in [0, 0.05) is 32.7 Å². The molecule has 0 bridgehead atoms. The molecule has 0 unspecified atom stereocenters. The molecule has 19 heavy (non-hydrogen) atoms. The molecule has 2 rings (SSSR count). The number of rotatable bonds is 3. The lowest BCUT2D eigenvalue weighted by Crippen LogP contribution is -2.48. The van der Waals surface area contributed by atoms with Gasteiger partial charge in [-0.05, 0) is 14.0 Å². The number of H-pyrrole nitrogens is 1. The molecule has 106 valence electrons. The highest BCUT2D eigenvalue weighted by atomic mass is 16.2. The second kappa shape index (κ2) is 5.45. The van der Waals surface area contributed by atoms with Crippen molar-refractivity contribution < 1.29 is 0 Å². The minimum Gasteiger partial charge on any atom is -0.383 e. The van der Waals surface area contributed by atoms with E-state index in [0.29, 0.717) is 6.54 Å². The third kappa shape index (κ3) is 2.79. The molecule has 0 atom stereocenters. The second-order valence-corrected chi connectivity index (χ2v) is 4.67. The van der Waals surface area contributed by atoms with Crippen LogP contribution in [0.15, 0.2) is 9.59 Å². The maximum atomic E-state index is 11.8. The molecular weight excluding hydrogens is 248 g/mol. The lowest BCUT2D eigenvalue weighted by molar-refractivity contribution is 0.179. The van der Waals surface area contributed by atoms with Crippen LogP contribution in [-0.4, -0.2) is 52.7 Å². The normalized spacial score (nSPS) is 17.6. The van der Waals surface area contributed by atoms with Gasteiger partial charge >= 0.3 is 5.69 Å². The Kier molecular flexibility index (Phi) is 3.91. The highest BCUT2D eigenvalue weighted by Gasteiger charge is 2.17. The minimum absolute atomic E-state index is 0.176. The van der Waals surface area contributed by atoms with Gasteiger partial charge in [0.25, 0.3) is 5.56 Å². The first-order valence-electron chi connectivity index (χ1n) is 6.35. The molecule has 4 N–H and O–H groups in total. The number of piperazine rings is 1. The van der Waals surface area contributed by atoms with E-state index in [2.05, 4.69) is 22.4 Å². The SMILES string of the molecule is CCn1c(N)c(NN2CCN(C)CC2)c(=O)[nH]c1=O. The average Bonchev–Trinajstić information content (AvgIpc) is 2.37. The zero-order valence-electron chi connectivity index (χ0n) is 11.3. The molecule has 0 spiro atoms. The van der Waals surface area contributed by atoms with E-state index in [4.69, 9.17) is 5.73 Å². The van der Waals surface area contributed by atoms with Crippen molar-refractivity contribution in [2.45, 2.75) is 13.5 Å². The standard InChI is InChI=1S/C11H20N6O2/c1-3-17-9(12)8(10(18)13-11(17)19)14-16-6-4-15(2)5-7-16/h14H,3-7,12H2,1-2H3,(H,13,18,19). The van der Waals surface area contributed by atoms with E-state index in [1.807, 2.05) is 5.01 Å². The van der Waals surface area contributed by atoms with Crippen molar-refractivity contribution in [3.8, 4) is 0 Å². The van der Waals surface area contributed by atoms with Gasteiger partial charge in [0.2, 0.25) is 0 Å². The second-order valence-electron chi connectivity index (χ2n) is 4.67. The number of nitrogens with two attached hydrogens (primary N) is 1. The predicted octanol–water partition coefficient (Wildman–Crippen LogP) is -1.29. The summed E-state index contributed by atoms with van der Waals surface area (Å²) >= 11 is 0. The van der Waals surface area contributed by atoms with E-state index in [0.717, 1.165) is 26.2 Å². The molecule has 1 aliphatic heterocycles. The fraction of sp³-hybridized carbons (Fsp3) is 0.636. The smallest absolute Gasteiger partial charge is 0.330 e. The molecule has 0 saturated carbocycles. The van der Waals surface area contributed by atoms with Crippen LogP contribution in [0.5, 0.6) is 0 Å². The zero-order chi connectivity index (χ0) is 14.0. The van der Waals surface area contributed by atoms with Gasteiger partial charge in [0.1, 0.15) is 5.82 Å². The van der Waals surface area contributed by atoms with E-state index < -0.39 is 11.2 Å². The number of likely N-dealkylation sites (N-methyl/N-ethyl adjacent to an activating group) is 1. The molecule has 1 saturated heterocycles. The molecule has 0 amide bonds. The van der Waals surface area contributed by atoms with Gasteiger partial charge in [-0.1, -0.05) is 0 Å². The van der Waals surface area contributed by atoms with Crippen LogP contribution in [0.1, 0.15) is 6.92 Å². The van der Waals surface area contributed by atoms with Crippen LogP contribution in [0.2, 0.25) is 0 Å². The summed E-state index contributed by atoms with van der Waals surface area (Å²) in [5.41, 5.74) is 8.18. The van der Waals surface area contributed by atoms with E-state index in [9.17, 15) is 9.59 Å². The third-order valence-corrected chi connectivity index (χ3v) is 3.33. The number of aromatic nitrogens is 2. The Bertz CT molecular complexity index is 555. The molecule has 0 aliphatic carbocycles. The van der Waals surface area contributed by atoms with Crippen molar-refractivity contribution in [2.75, 3.05) is 44.4 Å². The zero-order valence-corrected chi connectivity index (χ0v) is 11.3. The summed E-state index contributed by atoms with van der Waals surface area (Å²) in [6.07, 6.45) is 0. The van der Waals surface area contributed by atoms with Crippen molar-refractivity contribution in [1.82, 2.24) is 19.5 Å². The number of anilines is 2. The number of nitrogens with zero attached hydrogens (tertiary/aromatic N) is 3. The summed E-state index contributed by atoms with van der Waals surface area (Å²) in [7, 11) is 2.05. The fourth-order valence-electron chi connectivity index (χ4n) is 2.09. The van der Waals surface area contributed by atoms with E-state index in [1.54, 1.807) is 6.92 Å². The molecule has 8 heteroatoms. The first-order valence-corrected chi connectivity index (χ1v) is 6.35. The molecule has 0 aromatic carbocycles. The molecule has 1 aromatic heterocycles. The summed E-state index contributed by atoms with van der Waals surface area (Å²) < 4.78 is 1.33. The Balaban J connectivity index is 2.25. The molecule has 1 aromatic rings. The van der Waals surface area contributed by atoms with E-state index in [-0.39, 0.29) is 11.5 Å². The number of hydrogen-bond acceptors (Lipinski definition) is 6. The summed E-state index contributed by atoms with van der Waals surface area (Å²) in [5.74, 6) is 0.176. The summed E-state index contributed by atoms with van der Waals surface area (Å²) in [5, 5.41) is 1.94. The van der Waals surface area contributed by atoms with Gasteiger partial charge in [-0.3, -0.25) is 14.3 Å². The van der Waals surface area contributed by atoms with Crippen molar-refractivity contribution in [3.05, 3.63) is 20.8 Å². The van der Waals surface area contributed by atoms with Gasteiger partial charge in [0.15, 0.2) is 5.69 Å². The van der Waals surface area contributed by atoms with Crippen LogP contribution in [0, 0.1) is 0 Å². The van der Waals surface area contributed by atoms with Crippen LogP contribution >= 0.6 is 0 Å². The van der Waals surface area contributed by atoms with Crippen molar-refractivity contribution in [2.24, 2.45) is 0 Å². The Labute approximate surface area is 110 Å². The average molecular weight is 268 g/mol. The molecule has 2 heterocycles. The number of aromatic amines is 1. The quantitative estimate of drug-likeness (QED) is 0.631. The van der Waals surface area contributed by atoms with Crippen LogP contribution < -0.4 is 22.4 Å². The van der Waals surface area contributed by atoms with Crippen LogP contribution in [0.25, 0.3) is 0 Å². The van der Waals surface area contributed by atoms with Gasteiger partial charge < -0.3 is 16.1 Å². The highest BCUT2D eigenvalue weighted by molar-refractivity contribution is 5.59. The maximum absolute atomic E-state index is 11.8. The van der Waals surface area contributed by atoms with Gasteiger partial charge in [-0.2, -0.15) is 0 Å². The topological polar surface area (TPSA) is 99.4 Å². The number of hydrogen-bond donors (Lipinski definition) is 3. The third-order valence-electron chi connectivity index (χ3n) is 3.33. The number of nitrogens with one attached hydrogen (secondary N) is 2. The molecule has 8 nitrogen and oxygen atoms in total. The summed E-state index contributed by atoms with van der Waals surface area (Å²) in [4.78, 5) is 27.9. The number of hydrazine groups is 1. The molecule has 1 aliphatic rings. The Morgan fingerprint density at radius 2 is 1.89 bits per heavy atom. The van der Waals surface area contributed by atoms with Crippen molar-refractivity contribution in [3.63, 3.8) is 0 Å².